The summed E-state index contributed by atoms with van der Waals surface area (Å²) in [5.74, 6) is -7.64. The van der Waals surface area contributed by atoms with Crippen molar-refractivity contribution in [3.8, 4) is 17.2 Å². The SMILES string of the molecule is O=C1C(=O)c2c(cc(O)c(O)c2O)C(O)=C1O.[N-]=[N+]=[N-].[N-]=[N+]=[N-]. The third-order valence-electron chi connectivity index (χ3n) is 2.38. The molecule has 0 bridgehead atoms. The number of benzene rings is 1. The number of fused-ring (bicyclic) bond motifs is 1. The number of rotatable bonds is 0. The molecule has 1 aliphatic carbocycles. The minimum atomic E-state index is -1.41. The highest BCUT2D eigenvalue weighted by Gasteiger charge is 2.37. The molecule has 0 fully saturated rings. The summed E-state index contributed by atoms with van der Waals surface area (Å²) < 4.78 is 0. The second-order valence-electron chi connectivity index (χ2n) is 3.55. The smallest absolute Gasteiger partial charge is 0.271 e. The molecule has 5 N–H and O–H groups in total. The van der Waals surface area contributed by atoms with Crippen molar-refractivity contribution in [1.82, 2.24) is 0 Å². The summed E-state index contributed by atoms with van der Waals surface area (Å²) in [7, 11) is 0. The first-order valence-corrected chi connectivity index (χ1v) is 5.15. The topological polar surface area (TPSA) is 253 Å². The Hall–Kier alpha value is -4.08. The number of carbonyl (C=O) groups is 2. The third kappa shape index (κ3) is 3.52. The van der Waals surface area contributed by atoms with Crippen LogP contribution in [-0.2, 0) is 4.79 Å². The molecule has 1 aromatic rings. The van der Waals surface area contributed by atoms with E-state index >= 15 is 0 Å². The van der Waals surface area contributed by atoms with E-state index in [1.54, 1.807) is 0 Å². The number of nitrogens with zero attached hydrogens (tertiary/aromatic N) is 6. The summed E-state index contributed by atoms with van der Waals surface area (Å²) in [4.78, 5) is 25.6. The van der Waals surface area contributed by atoms with Crippen LogP contribution in [0.4, 0.5) is 0 Å². The van der Waals surface area contributed by atoms with Gasteiger partial charge in [0.25, 0.3) is 5.78 Å². The van der Waals surface area contributed by atoms with Gasteiger partial charge in [0.2, 0.25) is 17.3 Å². The van der Waals surface area contributed by atoms with Crippen molar-refractivity contribution < 1.29 is 35.1 Å². The number of ketones is 2. The van der Waals surface area contributed by atoms with Crippen LogP contribution < -0.4 is 0 Å². The van der Waals surface area contributed by atoms with Crippen LogP contribution >= 0.6 is 0 Å². The minimum absolute atomic E-state index is 0.431. The van der Waals surface area contributed by atoms with Gasteiger partial charge in [-0.2, -0.15) is 0 Å². The molecule has 1 aliphatic rings. The molecule has 0 heterocycles. The predicted octanol–water partition coefficient (Wildman–Crippen LogP) is 2.09. The van der Waals surface area contributed by atoms with Crippen LogP contribution in [0.3, 0.4) is 0 Å². The Morgan fingerprint density at radius 3 is 1.61 bits per heavy atom. The van der Waals surface area contributed by atoms with E-state index in [2.05, 4.69) is 0 Å². The predicted molar refractivity (Wildman–Crippen MR) is 73.1 cm³/mol. The Bertz CT molecular complexity index is 760. The fourth-order valence-corrected chi connectivity index (χ4v) is 1.52. The lowest BCUT2D eigenvalue weighted by atomic mass is 9.91. The largest absolute Gasteiger partial charge is 0.504 e. The average Bonchev–Trinajstić information content (AvgIpc) is 2.50. The normalized spacial score (nSPS) is 11.8. The Balaban J connectivity index is 0.000000704. The van der Waals surface area contributed by atoms with Gasteiger partial charge in [-0.15, -0.1) is 0 Å². The van der Waals surface area contributed by atoms with Gasteiger partial charge < -0.3 is 47.7 Å². The van der Waals surface area contributed by atoms with Crippen LogP contribution in [0, 0.1) is 0 Å². The number of allylic oxidation sites excluding steroid dienone is 1. The van der Waals surface area contributed by atoms with Gasteiger partial charge in [-0.1, -0.05) is 0 Å². The van der Waals surface area contributed by atoms with Crippen LogP contribution in [0.15, 0.2) is 11.8 Å². The maximum Gasteiger partial charge on any atom is 0.271 e. The number of carbonyl (C=O) groups excluding carboxylic acids is 2. The Morgan fingerprint density at radius 2 is 1.17 bits per heavy atom. The lowest BCUT2D eigenvalue weighted by Crippen LogP contribution is -2.24. The maximum absolute atomic E-state index is 11.4. The first-order chi connectivity index (χ1) is 10.7. The molecule has 0 saturated heterocycles. The van der Waals surface area contributed by atoms with Crippen molar-refractivity contribution in [3.05, 3.63) is 54.9 Å². The minimum Gasteiger partial charge on any atom is -0.504 e. The van der Waals surface area contributed by atoms with E-state index in [4.69, 9.17) is 27.2 Å². The van der Waals surface area contributed by atoms with E-state index in [9.17, 15) is 30.0 Å². The molecule has 0 radical (unpaired) electrons. The molecule has 0 saturated carbocycles. The summed E-state index contributed by atoms with van der Waals surface area (Å²) in [6.45, 7) is 0. The number of aliphatic hydroxyl groups is 2. The molecule has 0 amide bonds. The summed E-state index contributed by atoms with van der Waals surface area (Å²) in [6, 6.07) is 0.750. The molecule has 0 atom stereocenters. The zero-order valence-electron chi connectivity index (χ0n) is 10.8. The molecule has 120 valence electrons. The van der Waals surface area contributed by atoms with Crippen molar-refractivity contribution in [2.24, 2.45) is 0 Å². The van der Waals surface area contributed by atoms with Gasteiger partial charge in [-0.25, -0.2) is 0 Å². The lowest BCUT2D eigenvalue weighted by molar-refractivity contribution is -0.114. The van der Waals surface area contributed by atoms with Crippen molar-refractivity contribution in [1.29, 1.82) is 0 Å². The molecule has 13 heteroatoms. The number of hydrogen-bond donors (Lipinski definition) is 5. The van der Waals surface area contributed by atoms with E-state index in [1.807, 2.05) is 0 Å². The number of Topliss-reactive ketones (excluding diaryl/α,β-unsaturated/α-hetero) is 2. The quantitative estimate of drug-likeness (QED) is 0.156. The van der Waals surface area contributed by atoms with Crippen LogP contribution in [0.1, 0.15) is 15.9 Å². The van der Waals surface area contributed by atoms with Gasteiger partial charge in [0, 0.05) is 5.56 Å². The average molecular weight is 322 g/mol. The molecule has 0 spiro atoms. The zero-order chi connectivity index (χ0) is 18.3. The van der Waals surface area contributed by atoms with E-state index in [0.29, 0.717) is 0 Å². The van der Waals surface area contributed by atoms with E-state index in [1.165, 1.54) is 9.82 Å². The second kappa shape index (κ2) is 7.64. The number of aliphatic hydroxyl groups excluding tert-OH is 2. The Morgan fingerprint density at radius 1 is 0.739 bits per heavy atom. The highest BCUT2D eigenvalue weighted by Crippen LogP contribution is 2.43. The summed E-state index contributed by atoms with van der Waals surface area (Å²) in [6.07, 6.45) is 0. The van der Waals surface area contributed by atoms with Gasteiger partial charge in [-0.3, -0.25) is 19.4 Å². The molecule has 0 unspecified atom stereocenters. The molecule has 0 aliphatic heterocycles. The molecule has 13 nitrogen and oxygen atoms in total. The molecule has 2 rings (SSSR count). The van der Waals surface area contributed by atoms with Crippen molar-refractivity contribution in [2.75, 3.05) is 0 Å². The first kappa shape index (κ1) is 18.9. The lowest BCUT2D eigenvalue weighted by Gasteiger charge is -2.16. The fourth-order valence-electron chi connectivity index (χ4n) is 1.52. The van der Waals surface area contributed by atoms with Crippen molar-refractivity contribution in [2.45, 2.75) is 0 Å². The molecular weight excluding hydrogens is 316 g/mol. The van der Waals surface area contributed by atoms with Gasteiger partial charge in [0.15, 0.2) is 17.3 Å². The molecule has 1 aromatic carbocycles. The highest BCUT2D eigenvalue weighted by atomic mass is 16.3. The Labute approximate surface area is 125 Å². The monoisotopic (exact) mass is 322 g/mol. The van der Waals surface area contributed by atoms with Crippen LogP contribution in [-0.4, -0.2) is 37.1 Å². The van der Waals surface area contributed by atoms with Gasteiger partial charge >= 0.3 is 0 Å². The van der Waals surface area contributed by atoms with E-state index < -0.39 is 51.5 Å². The van der Waals surface area contributed by atoms with Crippen LogP contribution in [0.2, 0.25) is 0 Å². The first-order valence-electron chi connectivity index (χ1n) is 5.15. The maximum atomic E-state index is 11.4. The van der Waals surface area contributed by atoms with Gasteiger partial charge in [-0.05, 0) is 6.07 Å². The zero-order valence-corrected chi connectivity index (χ0v) is 10.8. The fraction of sp³-hybridized carbons (Fsp3) is 0. The highest BCUT2D eigenvalue weighted by molar-refractivity contribution is 6.52. The number of phenols is 3. The van der Waals surface area contributed by atoms with Crippen molar-refractivity contribution >= 4 is 17.3 Å². The molecular formula is C10H6N6O7-2. The molecule has 23 heavy (non-hydrogen) atoms. The third-order valence-corrected chi connectivity index (χ3v) is 2.38. The van der Waals surface area contributed by atoms with Crippen molar-refractivity contribution in [3.63, 3.8) is 0 Å². The van der Waals surface area contributed by atoms with Gasteiger partial charge in [0.1, 0.15) is 0 Å². The summed E-state index contributed by atoms with van der Waals surface area (Å²) in [5.41, 5.74) is 25.9. The Kier molecular flexibility index (Phi) is 6.28. The van der Waals surface area contributed by atoms with Crippen LogP contribution in [0.5, 0.6) is 17.2 Å². The second-order valence-corrected chi connectivity index (χ2v) is 3.55. The van der Waals surface area contributed by atoms with E-state index in [-0.39, 0.29) is 0 Å². The van der Waals surface area contributed by atoms with Gasteiger partial charge in [0.05, 0.1) is 5.56 Å². The molecule has 0 aromatic heterocycles. The number of hydrogen-bond acceptors (Lipinski definition) is 7. The van der Waals surface area contributed by atoms with E-state index in [0.717, 1.165) is 6.07 Å². The van der Waals surface area contributed by atoms with Crippen LogP contribution in [0.25, 0.3) is 37.7 Å². The summed E-state index contributed by atoms with van der Waals surface area (Å²) in [5, 5.41) is 46.4. The number of aromatic hydroxyl groups is 3. The standard InChI is InChI=1S/C10H6O7.2N3/c11-3-1-2-4(7(14)6(3)13)8(15)10(17)9(16)5(2)12;2*1-3-2/h1,11-14,16H;;/q;2*-1. The number of phenolic OH excluding ortho intramolecular Hbond substituents is 3. The summed E-state index contributed by atoms with van der Waals surface area (Å²) >= 11 is 0.